The maximum atomic E-state index is 12.2. The number of benzene rings is 1. The van der Waals surface area contributed by atoms with Gasteiger partial charge in [0.05, 0.1) is 17.4 Å². The van der Waals surface area contributed by atoms with E-state index in [0.717, 1.165) is 31.2 Å². The van der Waals surface area contributed by atoms with Crippen LogP contribution in [0.2, 0.25) is 0 Å². The van der Waals surface area contributed by atoms with E-state index in [1.54, 1.807) is 19.1 Å². The van der Waals surface area contributed by atoms with E-state index in [1.807, 2.05) is 6.92 Å². The SMILES string of the molecule is CCC1CCCCC1NC(=O)[C@@H](C)NC(=O)[C@@H](N)CC(=O)O.Cc1ccc(S(=O)(=O)O)cc1. The number of carbonyl (C=O) groups is 3. The molecule has 0 aliphatic heterocycles. The number of hydrogen-bond acceptors (Lipinski definition) is 6. The first kappa shape index (κ1) is 28.5. The highest BCUT2D eigenvalue weighted by molar-refractivity contribution is 7.85. The summed E-state index contributed by atoms with van der Waals surface area (Å²) in [5, 5.41) is 14.1. The Morgan fingerprint density at radius 2 is 1.70 bits per heavy atom. The van der Waals surface area contributed by atoms with E-state index in [4.69, 9.17) is 15.4 Å². The minimum atomic E-state index is -4.02. The van der Waals surface area contributed by atoms with Gasteiger partial charge >= 0.3 is 5.97 Å². The van der Waals surface area contributed by atoms with Crippen molar-refractivity contribution in [2.24, 2.45) is 11.7 Å². The van der Waals surface area contributed by atoms with Gasteiger partial charge in [0.25, 0.3) is 10.1 Å². The van der Waals surface area contributed by atoms with Gasteiger partial charge < -0.3 is 21.5 Å². The standard InChI is InChI=1S/C15H27N3O4.C7H8O3S/c1-3-10-6-4-5-7-12(10)18-14(21)9(2)17-15(22)11(16)8-13(19)20;1-6-2-4-7(5-3-6)11(8,9)10/h9-12H,3-8,16H2,1-2H3,(H,17,22)(H,18,21)(H,19,20);2-5H,1H3,(H,8,9,10)/t9-,10?,11+,12?;/m1./s1. The number of aryl methyl sites for hydroxylation is 1. The van der Waals surface area contributed by atoms with E-state index in [-0.39, 0.29) is 16.8 Å². The molecule has 0 bridgehead atoms. The lowest BCUT2D eigenvalue weighted by Crippen LogP contribution is -2.53. The molecule has 2 unspecified atom stereocenters. The van der Waals surface area contributed by atoms with Crippen LogP contribution < -0.4 is 16.4 Å². The third-order valence-corrected chi connectivity index (χ3v) is 6.43. The molecule has 33 heavy (non-hydrogen) atoms. The minimum Gasteiger partial charge on any atom is -0.481 e. The fourth-order valence-electron chi connectivity index (χ4n) is 3.57. The van der Waals surface area contributed by atoms with Crippen molar-refractivity contribution in [2.75, 3.05) is 0 Å². The minimum absolute atomic E-state index is 0.0666. The van der Waals surface area contributed by atoms with Crippen molar-refractivity contribution < 1.29 is 32.5 Å². The molecular weight excluding hydrogens is 450 g/mol. The maximum absolute atomic E-state index is 12.2. The molecule has 1 aromatic rings. The smallest absolute Gasteiger partial charge is 0.305 e. The molecule has 0 heterocycles. The Labute approximate surface area is 195 Å². The van der Waals surface area contributed by atoms with E-state index in [0.29, 0.717) is 5.92 Å². The number of carboxylic acids is 1. The third kappa shape index (κ3) is 10.3. The first-order valence-electron chi connectivity index (χ1n) is 11.0. The van der Waals surface area contributed by atoms with Crippen LogP contribution in [-0.2, 0) is 24.5 Å². The molecule has 2 rings (SSSR count). The van der Waals surface area contributed by atoms with Crippen LogP contribution in [-0.4, -0.2) is 54.0 Å². The molecule has 2 amide bonds. The highest BCUT2D eigenvalue weighted by Gasteiger charge is 2.28. The molecule has 1 saturated carbocycles. The molecule has 1 aliphatic carbocycles. The normalized spacial score (nSPS) is 19.9. The van der Waals surface area contributed by atoms with E-state index < -0.39 is 40.5 Å². The number of carboxylic acid groups (broad SMARTS) is 1. The largest absolute Gasteiger partial charge is 0.481 e. The molecule has 0 radical (unpaired) electrons. The van der Waals surface area contributed by atoms with E-state index in [9.17, 15) is 22.8 Å². The lowest BCUT2D eigenvalue weighted by Gasteiger charge is -2.32. The molecule has 1 fully saturated rings. The topological polar surface area (TPSA) is 176 Å². The van der Waals surface area contributed by atoms with Crippen molar-refractivity contribution in [2.45, 2.75) is 82.3 Å². The van der Waals surface area contributed by atoms with Gasteiger partial charge in [-0.15, -0.1) is 0 Å². The average molecular weight is 486 g/mol. The lowest BCUT2D eigenvalue weighted by atomic mass is 9.83. The van der Waals surface area contributed by atoms with Crippen molar-refractivity contribution in [1.29, 1.82) is 0 Å². The first-order valence-corrected chi connectivity index (χ1v) is 12.4. The number of carbonyl (C=O) groups excluding carboxylic acids is 2. The molecule has 0 saturated heterocycles. The summed E-state index contributed by atoms with van der Waals surface area (Å²) in [6.07, 6.45) is 4.94. The quantitative estimate of drug-likeness (QED) is 0.345. The van der Waals surface area contributed by atoms with Gasteiger partial charge in [-0.3, -0.25) is 18.9 Å². The van der Waals surface area contributed by atoms with Gasteiger partial charge in [0.2, 0.25) is 11.8 Å². The van der Waals surface area contributed by atoms with Crippen molar-refractivity contribution in [3.05, 3.63) is 29.8 Å². The number of hydrogen-bond donors (Lipinski definition) is 5. The van der Waals surface area contributed by atoms with Crippen LogP contribution in [0, 0.1) is 12.8 Å². The predicted octanol–water partition coefficient (Wildman–Crippen LogP) is 1.62. The van der Waals surface area contributed by atoms with Crippen LogP contribution in [0.3, 0.4) is 0 Å². The zero-order chi connectivity index (χ0) is 25.2. The molecule has 4 atom stereocenters. The van der Waals surface area contributed by atoms with Crippen LogP contribution in [0.4, 0.5) is 0 Å². The van der Waals surface area contributed by atoms with E-state index in [2.05, 4.69) is 17.6 Å². The summed E-state index contributed by atoms with van der Waals surface area (Å²) >= 11 is 0. The number of nitrogens with one attached hydrogen (secondary N) is 2. The van der Waals surface area contributed by atoms with Crippen LogP contribution in [0.5, 0.6) is 0 Å². The zero-order valence-electron chi connectivity index (χ0n) is 19.3. The van der Waals surface area contributed by atoms with Crippen LogP contribution in [0.25, 0.3) is 0 Å². The molecule has 1 aromatic carbocycles. The Kier molecular flexibility index (Phi) is 11.5. The van der Waals surface area contributed by atoms with Gasteiger partial charge in [0.1, 0.15) is 6.04 Å². The summed E-state index contributed by atoms with van der Waals surface area (Å²) in [4.78, 5) is 34.4. The molecule has 186 valence electrons. The second-order valence-corrected chi connectivity index (χ2v) is 9.71. The molecular formula is C22H35N3O7S. The van der Waals surface area contributed by atoms with Crippen LogP contribution in [0.15, 0.2) is 29.2 Å². The molecule has 6 N–H and O–H groups in total. The van der Waals surface area contributed by atoms with Gasteiger partial charge in [-0.2, -0.15) is 8.42 Å². The number of nitrogens with two attached hydrogens (primary N) is 1. The lowest BCUT2D eigenvalue weighted by molar-refractivity contribution is -0.139. The van der Waals surface area contributed by atoms with Crippen molar-refractivity contribution in [3.8, 4) is 0 Å². The maximum Gasteiger partial charge on any atom is 0.305 e. The summed E-state index contributed by atoms with van der Waals surface area (Å²) < 4.78 is 29.6. The van der Waals surface area contributed by atoms with Crippen molar-refractivity contribution >= 4 is 27.9 Å². The van der Waals surface area contributed by atoms with Crippen LogP contribution >= 0.6 is 0 Å². The Morgan fingerprint density at radius 3 is 2.21 bits per heavy atom. The molecule has 0 spiro atoms. The predicted molar refractivity (Wildman–Crippen MR) is 123 cm³/mol. The van der Waals surface area contributed by atoms with E-state index in [1.165, 1.54) is 18.6 Å². The first-order chi connectivity index (χ1) is 15.3. The Bertz CT molecular complexity index is 903. The molecule has 1 aliphatic rings. The highest BCUT2D eigenvalue weighted by atomic mass is 32.2. The Balaban J connectivity index is 0.000000412. The number of aliphatic carboxylic acids is 1. The zero-order valence-corrected chi connectivity index (χ0v) is 20.1. The summed E-state index contributed by atoms with van der Waals surface area (Å²) in [6.45, 7) is 5.53. The van der Waals surface area contributed by atoms with Gasteiger partial charge in [0, 0.05) is 6.04 Å². The van der Waals surface area contributed by atoms with Crippen molar-refractivity contribution in [1.82, 2.24) is 10.6 Å². The second kappa shape index (κ2) is 13.3. The average Bonchev–Trinajstić information content (AvgIpc) is 2.73. The fraction of sp³-hybridized carbons (Fsp3) is 0.591. The summed E-state index contributed by atoms with van der Waals surface area (Å²) in [5.74, 6) is -1.54. The van der Waals surface area contributed by atoms with Gasteiger partial charge in [-0.25, -0.2) is 0 Å². The highest BCUT2D eigenvalue weighted by Crippen LogP contribution is 2.26. The van der Waals surface area contributed by atoms with Crippen molar-refractivity contribution in [3.63, 3.8) is 0 Å². The molecule has 0 aromatic heterocycles. The number of rotatable bonds is 8. The second-order valence-electron chi connectivity index (χ2n) is 8.29. The van der Waals surface area contributed by atoms with Gasteiger partial charge in [-0.1, -0.05) is 43.9 Å². The summed E-state index contributed by atoms with van der Waals surface area (Å²) in [7, 11) is -4.02. The molecule has 10 nitrogen and oxygen atoms in total. The summed E-state index contributed by atoms with van der Waals surface area (Å²) in [6, 6.07) is 4.26. The number of amides is 2. The van der Waals surface area contributed by atoms with E-state index >= 15 is 0 Å². The molecule has 11 heteroatoms. The monoisotopic (exact) mass is 485 g/mol. The Morgan fingerprint density at radius 1 is 1.12 bits per heavy atom. The Hall–Kier alpha value is -2.50. The third-order valence-electron chi connectivity index (χ3n) is 5.56. The van der Waals surface area contributed by atoms with Gasteiger partial charge in [-0.05, 0) is 44.7 Å². The van der Waals surface area contributed by atoms with Gasteiger partial charge in [0.15, 0.2) is 0 Å². The fourth-order valence-corrected chi connectivity index (χ4v) is 4.05. The summed E-state index contributed by atoms with van der Waals surface area (Å²) in [5.41, 5.74) is 6.43. The van der Waals surface area contributed by atoms with Crippen LogP contribution in [0.1, 0.15) is 57.9 Å².